The van der Waals surface area contributed by atoms with E-state index in [1.54, 1.807) is 48.2 Å². The summed E-state index contributed by atoms with van der Waals surface area (Å²) in [5, 5.41) is 3.08. The van der Waals surface area contributed by atoms with Crippen molar-refractivity contribution in [3.63, 3.8) is 0 Å². The van der Waals surface area contributed by atoms with Crippen LogP contribution in [0.15, 0.2) is 82.6 Å². The van der Waals surface area contributed by atoms with Gasteiger partial charge in [-0.15, -0.1) is 11.8 Å². The third kappa shape index (κ3) is 5.25. The SMILES string of the molecule is CSc1ccc(S(=O)(=O)N(CC(=O)N[C@H]2CCCc3ccccc32)c2ccc(C)cc2)cc1. The van der Waals surface area contributed by atoms with Crippen molar-refractivity contribution in [3.05, 3.63) is 89.5 Å². The van der Waals surface area contributed by atoms with Crippen molar-refractivity contribution in [2.24, 2.45) is 0 Å². The van der Waals surface area contributed by atoms with Crippen LogP contribution in [0.25, 0.3) is 0 Å². The fraction of sp³-hybridized carbons (Fsp3) is 0.269. The van der Waals surface area contributed by atoms with Crippen molar-refractivity contribution in [2.75, 3.05) is 17.1 Å². The van der Waals surface area contributed by atoms with Crippen LogP contribution in [0.2, 0.25) is 0 Å². The molecule has 0 saturated carbocycles. The van der Waals surface area contributed by atoms with Crippen LogP contribution in [0.4, 0.5) is 5.69 Å². The van der Waals surface area contributed by atoms with Gasteiger partial charge in [0.15, 0.2) is 0 Å². The van der Waals surface area contributed by atoms with Crippen molar-refractivity contribution < 1.29 is 13.2 Å². The minimum absolute atomic E-state index is 0.106. The molecule has 1 N–H and O–H groups in total. The van der Waals surface area contributed by atoms with Crippen molar-refractivity contribution in [1.82, 2.24) is 5.32 Å². The minimum Gasteiger partial charge on any atom is -0.348 e. The molecule has 1 atom stereocenters. The fourth-order valence-electron chi connectivity index (χ4n) is 4.18. The molecule has 0 aromatic heterocycles. The number of sulfonamides is 1. The molecule has 0 radical (unpaired) electrons. The van der Waals surface area contributed by atoms with Gasteiger partial charge in [0, 0.05) is 4.90 Å². The molecule has 172 valence electrons. The van der Waals surface area contributed by atoms with Crippen molar-refractivity contribution in [1.29, 1.82) is 0 Å². The normalized spacial score (nSPS) is 15.5. The van der Waals surface area contributed by atoms with Crippen LogP contribution < -0.4 is 9.62 Å². The van der Waals surface area contributed by atoms with Gasteiger partial charge in [-0.2, -0.15) is 0 Å². The molecule has 0 aliphatic heterocycles. The molecule has 1 aliphatic carbocycles. The van der Waals surface area contributed by atoms with Crippen molar-refractivity contribution >= 4 is 33.4 Å². The average molecular weight is 481 g/mol. The number of nitrogens with one attached hydrogen (secondary N) is 1. The number of carbonyl (C=O) groups is 1. The van der Waals surface area contributed by atoms with E-state index in [-0.39, 0.29) is 23.4 Å². The van der Waals surface area contributed by atoms with Gasteiger partial charge in [0.1, 0.15) is 6.54 Å². The Bertz CT molecular complexity index is 1220. The Morgan fingerprint density at radius 1 is 1.03 bits per heavy atom. The monoisotopic (exact) mass is 480 g/mol. The van der Waals surface area contributed by atoms with Crippen LogP contribution in [0, 0.1) is 6.92 Å². The molecule has 0 spiro atoms. The highest BCUT2D eigenvalue weighted by atomic mass is 32.2. The maximum Gasteiger partial charge on any atom is 0.264 e. The maximum atomic E-state index is 13.6. The summed E-state index contributed by atoms with van der Waals surface area (Å²) in [5.41, 5.74) is 3.85. The first-order valence-corrected chi connectivity index (χ1v) is 13.7. The van der Waals surface area contributed by atoms with E-state index in [9.17, 15) is 13.2 Å². The molecule has 0 bridgehead atoms. The summed E-state index contributed by atoms with van der Waals surface area (Å²) < 4.78 is 28.4. The molecule has 4 rings (SSSR count). The van der Waals surface area contributed by atoms with Crippen molar-refractivity contribution in [2.45, 2.75) is 42.0 Å². The maximum absolute atomic E-state index is 13.6. The van der Waals surface area contributed by atoms with E-state index in [0.29, 0.717) is 5.69 Å². The van der Waals surface area contributed by atoms with E-state index in [4.69, 9.17) is 0 Å². The number of fused-ring (bicyclic) bond motifs is 1. The molecule has 3 aromatic carbocycles. The molecule has 0 fully saturated rings. The lowest BCUT2D eigenvalue weighted by molar-refractivity contribution is -0.120. The summed E-state index contributed by atoms with van der Waals surface area (Å²) in [7, 11) is -3.93. The first-order chi connectivity index (χ1) is 15.9. The molecule has 1 aliphatic rings. The number of amides is 1. The second-order valence-electron chi connectivity index (χ2n) is 8.23. The Kier molecular flexibility index (Phi) is 7.10. The lowest BCUT2D eigenvalue weighted by Crippen LogP contribution is -2.42. The Hall–Kier alpha value is -2.77. The van der Waals surface area contributed by atoms with Crippen LogP contribution in [-0.2, 0) is 21.2 Å². The summed E-state index contributed by atoms with van der Waals surface area (Å²) in [6.07, 6.45) is 4.77. The van der Waals surface area contributed by atoms with Crippen LogP contribution in [0.5, 0.6) is 0 Å². The van der Waals surface area contributed by atoms with Gasteiger partial charge in [-0.05, 0) is 80.0 Å². The summed E-state index contributed by atoms with van der Waals surface area (Å²) in [6, 6.07) is 22.0. The molecule has 5 nitrogen and oxygen atoms in total. The third-order valence-electron chi connectivity index (χ3n) is 5.96. The number of hydrogen-bond donors (Lipinski definition) is 1. The zero-order valence-corrected chi connectivity index (χ0v) is 20.5. The highest BCUT2D eigenvalue weighted by Gasteiger charge is 2.29. The third-order valence-corrected chi connectivity index (χ3v) is 8.49. The zero-order valence-electron chi connectivity index (χ0n) is 18.8. The molecule has 0 unspecified atom stereocenters. The van der Waals surface area contributed by atoms with Crippen LogP contribution >= 0.6 is 11.8 Å². The Morgan fingerprint density at radius 2 is 1.73 bits per heavy atom. The van der Waals surface area contributed by atoms with E-state index in [1.807, 2.05) is 43.5 Å². The molecule has 33 heavy (non-hydrogen) atoms. The molecule has 7 heteroatoms. The molecular formula is C26H28N2O3S2. The predicted molar refractivity (Wildman–Crippen MR) is 134 cm³/mol. The highest BCUT2D eigenvalue weighted by molar-refractivity contribution is 7.98. The van der Waals surface area contributed by atoms with Gasteiger partial charge in [-0.3, -0.25) is 9.10 Å². The second-order valence-corrected chi connectivity index (χ2v) is 11.0. The lowest BCUT2D eigenvalue weighted by Gasteiger charge is -2.29. The smallest absolute Gasteiger partial charge is 0.264 e. The van der Waals surface area contributed by atoms with Crippen molar-refractivity contribution in [3.8, 4) is 0 Å². The molecule has 3 aromatic rings. The largest absolute Gasteiger partial charge is 0.348 e. The number of aryl methyl sites for hydroxylation is 2. The first-order valence-electron chi connectivity index (χ1n) is 11.0. The van der Waals surface area contributed by atoms with Gasteiger partial charge < -0.3 is 5.32 Å². The Labute approximate surface area is 200 Å². The number of benzene rings is 3. The molecule has 0 saturated heterocycles. The van der Waals surface area contributed by atoms with E-state index >= 15 is 0 Å². The van der Waals surface area contributed by atoms with Crippen LogP contribution in [0.1, 0.15) is 35.6 Å². The van der Waals surface area contributed by atoms with Gasteiger partial charge in [-0.1, -0.05) is 42.0 Å². The summed E-state index contributed by atoms with van der Waals surface area (Å²) in [6.45, 7) is 1.66. The fourth-order valence-corrected chi connectivity index (χ4v) is 6.00. The van der Waals surface area contributed by atoms with Gasteiger partial charge in [-0.25, -0.2) is 8.42 Å². The standard InChI is InChI=1S/C26H28N2O3S2/c1-19-10-12-21(13-11-19)28(33(30,31)23-16-14-22(32-2)15-17-23)18-26(29)27-25-9-5-7-20-6-3-4-8-24(20)25/h3-4,6,8,10-17,25H,5,7,9,18H2,1-2H3,(H,27,29)/t25-/m0/s1. The van der Waals surface area contributed by atoms with Crippen LogP contribution in [-0.4, -0.2) is 27.1 Å². The summed E-state index contributed by atoms with van der Waals surface area (Å²) in [4.78, 5) is 14.3. The number of nitrogens with zero attached hydrogens (tertiary/aromatic N) is 1. The van der Waals surface area contributed by atoms with Gasteiger partial charge in [0.25, 0.3) is 10.0 Å². The van der Waals surface area contributed by atoms with Gasteiger partial charge in [0.05, 0.1) is 16.6 Å². The average Bonchev–Trinajstić information content (AvgIpc) is 2.83. The quantitative estimate of drug-likeness (QED) is 0.478. The van der Waals surface area contributed by atoms with E-state index in [0.717, 1.165) is 35.3 Å². The van der Waals surface area contributed by atoms with E-state index in [2.05, 4.69) is 11.4 Å². The first kappa shape index (κ1) is 23.4. The number of thioether (sulfide) groups is 1. The Balaban J connectivity index is 1.61. The topological polar surface area (TPSA) is 66.5 Å². The predicted octanol–water partition coefficient (Wildman–Crippen LogP) is 5.11. The second kappa shape index (κ2) is 10.0. The zero-order chi connectivity index (χ0) is 23.4. The molecule has 1 amide bonds. The van der Waals surface area contributed by atoms with E-state index in [1.165, 1.54) is 9.87 Å². The highest BCUT2D eigenvalue weighted by Crippen LogP contribution is 2.30. The number of rotatable bonds is 7. The lowest BCUT2D eigenvalue weighted by atomic mass is 9.88. The van der Waals surface area contributed by atoms with Crippen LogP contribution in [0.3, 0.4) is 0 Å². The Morgan fingerprint density at radius 3 is 2.42 bits per heavy atom. The number of carbonyl (C=O) groups excluding carboxylic acids is 1. The van der Waals surface area contributed by atoms with E-state index < -0.39 is 10.0 Å². The minimum atomic E-state index is -3.93. The van der Waals surface area contributed by atoms with Gasteiger partial charge >= 0.3 is 0 Å². The number of anilines is 1. The molecular weight excluding hydrogens is 452 g/mol. The molecule has 0 heterocycles. The summed E-state index contributed by atoms with van der Waals surface area (Å²) >= 11 is 1.55. The van der Waals surface area contributed by atoms with Gasteiger partial charge in [0.2, 0.25) is 5.91 Å². The number of hydrogen-bond acceptors (Lipinski definition) is 4. The summed E-state index contributed by atoms with van der Waals surface area (Å²) in [5.74, 6) is -0.318.